The van der Waals surface area contributed by atoms with Crippen LogP contribution in [0.5, 0.6) is 0 Å². The Labute approximate surface area is 108 Å². The largest absolute Gasteiger partial charge is 0.330 e. The van der Waals surface area contributed by atoms with Crippen LogP contribution < -0.4 is 11.1 Å². The van der Waals surface area contributed by atoms with Crippen LogP contribution in [0, 0.1) is 11.7 Å². The minimum absolute atomic E-state index is 0. The van der Waals surface area contributed by atoms with Gasteiger partial charge in [0.15, 0.2) is 0 Å². The van der Waals surface area contributed by atoms with Gasteiger partial charge < -0.3 is 11.1 Å². The van der Waals surface area contributed by atoms with Crippen molar-refractivity contribution in [1.82, 2.24) is 0 Å². The molecule has 1 aromatic carbocycles. The van der Waals surface area contributed by atoms with Crippen LogP contribution in [0.4, 0.5) is 10.1 Å². The van der Waals surface area contributed by atoms with Crippen LogP contribution in [-0.4, -0.2) is 12.5 Å². The van der Waals surface area contributed by atoms with Crippen molar-refractivity contribution >= 4 is 39.9 Å². The highest BCUT2D eigenvalue weighted by Crippen LogP contribution is 2.19. The van der Waals surface area contributed by atoms with Gasteiger partial charge in [-0.05, 0) is 18.2 Å². The Morgan fingerprint density at radius 1 is 1.62 bits per heavy atom. The SMILES string of the molecule is CC(CN)C(=O)Nc1ccc(Br)cc1F.Cl. The molecule has 0 aromatic heterocycles. The van der Waals surface area contributed by atoms with Gasteiger partial charge in [-0.25, -0.2) is 4.39 Å². The van der Waals surface area contributed by atoms with Crippen molar-refractivity contribution in [3.05, 3.63) is 28.5 Å². The quantitative estimate of drug-likeness (QED) is 0.901. The maximum atomic E-state index is 13.3. The Bertz CT molecular complexity index is 376. The molecule has 6 heteroatoms. The lowest BCUT2D eigenvalue weighted by atomic mass is 10.1. The van der Waals surface area contributed by atoms with Gasteiger partial charge in [0.2, 0.25) is 5.91 Å². The number of carbonyl (C=O) groups excluding carboxylic acids is 1. The second kappa shape index (κ2) is 6.83. The molecule has 0 spiro atoms. The van der Waals surface area contributed by atoms with Gasteiger partial charge in [0.1, 0.15) is 5.82 Å². The highest BCUT2D eigenvalue weighted by atomic mass is 79.9. The van der Waals surface area contributed by atoms with E-state index in [1.807, 2.05) is 0 Å². The van der Waals surface area contributed by atoms with Gasteiger partial charge in [-0.2, -0.15) is 0 Å². The number of anilines is 1. The fourth-order valence-corrected chi connectivity index (χ4v) is 1.29. The summed E-state index contributed by atoms with van der Waals surface area (Å²) in [7, 11) is 0. The van der Waals surface area contributed by atoms with Crippen LogP contribution in [0.1, 0.15) is 6.92 Å². The molecule has 0 saturated carbocycles. The van der Waals surface area contributed by atoms with Crippen molar-refractivity contribution in [3.8, 4) is 0 Å². The van der Waals surface area contributed by atoms with Crippen LogP contribution in [0.2, 0.25) is 0 Å². The second-order valence-electron chi connectivity index (χ2n) is 3.25. The maximum absolute atomic E-state index is 13.3. The summed E-state index contributed by atoms with van der Waals surface area (Å²) in [4.78, 5) is 11.4. The highest BCUT2D eigenvalue weighted by Gasteiger charge is 2.12. The molecule has 1 amide bonds. The molecule has 0 aliphatic carbocycles. The number of benzene rings is 1. The third-order valence-corrected chi connectivity index (χ3v) is 2.48. The number of carbonyl (C=O) groups is 1. The van der Waals surface area contributed by atoms with Crippen LogP contribution in [0.15, 0.2) is 22.7 Å². The summed E-state index contributed by atoms with van der Waals surface area (Å²) in [6.07, 6.45) is 0. The molecule has 1 unspecified atom stereocenters. The number of halogens is 3. The van der Waals surface area contributed by atoms with Gasteiger partial charge >= 0.3 is 0 Å². The van der Waals surface area contributed by atoms with Crippen LogP contribution >= 0.6 is 28.3 Å². The summed E-state index contributed by atoms with van der Waals surface area (Å²) in [5.41, 5.74) is 5.50. The number of rotatable bonds is 3. The molecule has 0 aliphatic heterocycles. The third-order valence-electron chi connectivity index (χ3n) is 1.99. The van der Waals surface area contributed by atoms with Crippen LogP contribution in [-0.2, 0) is 4.79 Å². The topological polar surface area (TPSA) is 55.1 Å². The predicted molar refractivity (Wildman–Crippen MR) is 68.2 cm³/mol. The molecule has 0 saturated heterocycles. The lowest BCUT2D eigenvalue weighted by molar-refractivity contribution is -0.119. The van der Waals surface area contributed by atoms with E-state index < -0.39 is 5.82 Å². The average molecular weight is 312 g/mol. The van der Waals surface area contributed by atoms with Crippen molar-refractivity contribution in [2.45, 2.75) is 6.92 Å². The summed E-state index contributed by atoms with van der Waals surface area (Å²) >= 11 is 3.13. The zero-order valence-electron chi connectivity index (χ0n) is 8.67. The Morgan fingerprint density at radius 2 is 2.25 bits per heavy atom. The van der Waals surface area contributed by atoms with E-state index in [-0.39, 0.29) is 36.5 Å². The molecular formula is C10H13BrClFN2O. The van der Waals surface area contributed by atoms with E-state index in [9.17, 15) is 9.18 Å². The molecule has 0 bridgehead atoms. The van der Waals surface area contributed by atoms with Gasteiger partial charge in [0.25, 0.3) is 0 Å². The standard InChI is InChI=1S/C10H12BrFN2O.ClH/c1-6(5-13)10(15)14-9-3-2-7(11)4-8(9)12;/h2-4,6H,5,13H2,1H3,(H,14,15);1H. The molecule has 3 nitrogen and oxygen atoms in total. The zero-order chi connectivity index (χ0) is 11.4. The molecule has 3 N–H and O–H groups in total. The Hall–Kier alpha value is -0.650. The van der Waals surface area contributed by atoms with Crippen molar-refractivity contribution < 1.29 is 9.18 Å². The summed E-state index contributed by atoms with van der Waals surface area (Å²) in [5, 5.41) is 2.47. The Morgan fingerprint density at radius 3 is 2.75 bits per heavy atom. The van der Waals surface area contributed by atoms with Gasteiger partial charge in [0, 0.05) is 16.9 Å². The molecular weight excluding hydrogens is 298 g/mol. The van der Waals surface area contributed by atoms with Crippen molar-refractivity contribution in [2.75, 3.05) is 11.9 Å². The summed E-state index contributed by atoms with van der Waals surface area (Å²) in [6, 6.07) is 4.45. The van der Waals surface area contributed by atoms with E-state index >= 15 is 0 Å². The maximum Gasteiger partial charge on any atom is 0.228 e. The average Bonchev–Trinajstić information content (AvgIpc) is 2.20. The lowest BCUT2D eigenvalue weighted by Gasteiger charge is -2.10. The highest BCUT2D eigenvalue weighted by molar-refractivity contribution is 9.10. The minimum atomic E-state index is -0.470. The summed E-state index contributed by atoms with van der Waals surface area (Å²) in [6.45, 7) is 1.93. The monoisotopic (exact) mass is 310 g/mol. The van der Waals surface area contributed by atoms with E-state index in [2.05, 4.69) is 21.2 Å². The van der Waals surface area contributed by atoms with E-state index in [0.29, 0.717) is 4.47 Å². The number of amides is 1. The van der Waals surface area contributed by atoms with E-state index in [4.69, 9.17) is 5.73 Å². The summed E-state index contributed by atoms with van der Waals surface area (Å²) in [5.74, 6) is -1.08. The first-order valence-corrected chi connectivity index (χ1v) is 5.30. The second-order valence-corrected chi connectivity index (χ2v) is 4.17. The molecule has 0 aliphatic rings. The van der Waals surface area contributed by atoms with Gasteiger partial charge in [-0.3, -0.25) is 4.79 Å². The number of nitrogens with two attached hydrogens (primary N) is 1. The number of hydrogen-bond donors (Lipinski definition) is 2. The van der Waals surface area contributed by atoms with Crippen molar-refractivity contribution in [3.63, 3.8) is 0 Å². The number of nitrogens with one attached hydrogen (secondary N) is 1. The zero-order valence-corrected chi connectivity index (χ0v) is 11.1. The van der Waals surface area contributed by atoms with Gasteiger partial charge in [0.05, 0.1) is 5.69 Å². The molecule has 1 rings (SSSR count). The molecule has 16 heavy (non-hydrogen) atoms. The fourth-order valence-electron chi connectivity index (χ4n) is 0.954. The summed E-state index contributed by atoms with van der Waals surface area (Å²) < 4.78 is 13.9. The van der Waals surface area contributed by atoms with Crippen LogP contribution in [0.25, 0.3) is 0 Å². The first kappa shape index (κ1) is 15.3. The molecule has 1 atom stereocenters. The van der Waals surface area contributed by atoms with Crippen molar-refractivity contribution in [1.29, 1.82) is 0 Å². The van der Waals surface area contributed by atoms with Gasteiger partial charge in [-0.1, -0.05) is 22.9 Å². The normalized spacial score (nSPS) is 11.5. The van der Waals surface area contributed by atoms with Crippen LogP contribution in [0.3, 0.4) is 0 Å². The number of hydrogen-bond acceptors (Lipinski definition) is 2. The first-order chi connectivity index (χ1) is 7.04. The molecule has 0 heterocycles. The minimum Gasteiger partial charge on any atom is -0.330 e. The smallest absolute Gasteiger partial charge is 0.228 e. The Kier molecular flexibility index (Phi) is 6.55. The molecule has 0 fully saturated rings. The van der Waals surface area contributed by atoms with E-state index in [1.54, 1.807) is 13.0 Å². The van der Waals surface area contributed by atoms with Gasteiger partial charge in [-0.15, -0.1) is 12.4 Å². The van der Waals surface area contributed by atoms with E-state index in [0.717, 1.165) is 0 Å². The van der Waals surface area contributed by atoms with E-state index in [1.165, 1.54) is 12.1 Å². The lowest BCUT2D eigenvalue weighted by Crippen LogP contribution is -2.27. The predicted octanol–water partition coefficient (Wildman–Crippen LogP) is 2.54. The third kappa shape index (κ3) is 4.08. The fraction of sp³-hybridized carbons (Fsp3) is 0.300. The molecule has 1 aromatic rings. The Balaban J connectivity index is 0.00000225. The first-order valence-electron chi connectivity index (χ1n) is 4.50. The molecule has 90 valence electrons. The molecule has 0 radical (unpaired) electrons. The van der Waals surface area contributed by atoms with Crippen molar-refractivity contribution in [2.24, 2.45) is 11.7 Å².